The summed E-state index contributed by atoms with van der Waals surface area (Å²) in [5, 5.41) is 58.3. The first kappa shape index (κ1) is 33.3. The number of nitrogens with zero attached hydrogens (tertiary/aromatic N) is 1. The number of hydrogen-bond acceptors (Lipinski definition) is 15. The van der Waals surface area contributed by atoms with Crippen LogP contribution in [0.2, 0.25) is 0 Å². The Morgan fingerprint density at radius 1 is 0.974 bits per heavy atom. The van der Waals surface area contributed by atoms with Crippen molar-refractivity contribution in [2.75, 3.05) is 6.61 Å². The van der Waals surface area contributed by atoms with Crippen LogP contribution < -0.4 is 11.2 Å². The van der Waals surface area contributed by atoms with E-state index < -0.39 is 94.7 Å². The van der Waals surface area contributed by atoms with E-state index in [0.29, 0.717) is 4.57 Å². The van der Waals surface area contributed by atoms with Crippen molar-refractivity contribution >= 4 is 51.2 Å². The molecule has 211 valence electrons. The van der Waals surface area contributed by atoms with Gasteiger partial charge in [0.2, 0.25) is 0 Å². The van der Waals surface area contributed by atoms with E-state index in [1.807, 2.05) is 4.98 Å². The van der Waals surface area contributed by atoms with E-state index >= 15 is 0 Å². The Balaban J connectivity index is 0.00000507. The Hall–Kier alpha value is -0.870. The second-order valence-corrected chi connectivity index (χ2v) is 10.7. The first-order valence-electron chi connectivity index (χ1n) is 9.98. The first-order valence-corrected chi connectivity index (χ1v) is 13.0. The second kappa shape index (κ2) is 12.8. The number of H-pyrrole nitrogens is 1. The van der Waals surface area contributed by atoms with Gasteiger partial charge in [-0.05, 0) is 0 Å². The zero-order valence-electron chi connectivity index (χ0n) is 19.1. The maximum Gasteiger partial charge on any atom is 0.483 e. The fourth-order valence-corrected chi connectivity index (χ4v) is 5.49. The molecular formula is C15H22N2NaO18P2. The second-order valence-electron chi connectivity index (χ2n) is 7.72. The van der Waals surface area contributed by atoms with Gasteiger partial charge in [0.15, 0.2) is 18.6 Å². The number of aliphatic hydroxyl groups is 5. The van der Waals surface area contributed by atoms with Crippen LogP contribution in [0.3, 0.4) is 0 Å². The van der Waals surface area contributed by atoms with Gasteiger partial charge in [-0.2, -0.15) is 4.31 Å². The molecule has 0 saturated carbocycles. The molecule has 1 radical (unpaired) electrons. The molecule has 3 rings (SSSR count). The van der Waals surface area contributed by atoms with Crippen LogP contribution in [-0.2, 0) is 36.8 Å². The number of rotatable bonds is 9. The number of carbonyl (C=O) groups is 1. The Morgan fingerprint density at radius 3 is 2.18 bits per heavy atom. The summed E-state index contributed by atoms with van der Waals surface area (Å²) in [6.07, 6.45) is -17.2. The van der Waals surface area contributed by atoms with E-state index in [1.54, 1.807) is 0 Å². The number of aromatic nitrogens is 2. The minimum atomic E-state index is -5.72. The third-order valence-electron chi connectivity index (χ3n) is 5.12. The van der Waals surface area contributed by atoms with Crippen molar-refractivity contribution in [2.24, 2.45) is 0 Å². The smallest absolute Gasteiger partial charge is 0.479 e. The molecule has 0 amide bonds. The van der Waals surface area contributed by atoms with E-state index in [2.05, 4.69) is 18.1 Å². The molecule has 0 bridgehead atoms. The van der Waals surface area contributed by atoms with Crippen LogP contribution in [0.25, 0.3) is 0 Å². The first-order chi connectivity index (χ1) is 17.0. The van der Waals surface area contributed by atoms with Crippen molar-refractivity contribution in [2.45, 2.75) is 55.2 Å². The van der Waals surface area contributed by atoms with Gasteiger partial charge in [0.25, 0.3) is 5.56 Å². The van der Waals surface area contributed by atoms with E-state index in [4.69, 9.17) is 9.84 Å². The van der Waals surface area contributed by atoms with Gasteiger partial charge in [-0.15, -0.1) is 0 Å². The molecule has 0 spiro atoms. The maximum absolute atomic E-state index is 12.2. The summed E-state index contributed by atoms with van der Waals surface area (Å²) in [5.41, 5.74) is -1.78. The van der Waals surface area contributed by atoms with Crippen molar-refractivity contribution in [1.29, 1.82) is 0 Å². The molecule has 9 N–H and O–H groups in total. The zero-order chi connectivity index (χ0) is 27.9. The Bertz CT molecular complexity index is 1210. The number of carboxylic acids is 1. The Labute approximate surface area is 232 Å². The predicted octanol–water partition coefficient (Wildman–Crippen LogP) is -5.08. The predicted molar refractivity (Wildman–Crippen MR) is 115 cm³/mol. The van der Waals surface area contributed by atoms with Crippen LogP contribution in [0.5, 0.6) is 0 Å². The minimum Gasteiger partial charge on any atom is -0.479 e. The molecule has 2 aliphatic heterocycles. The van der Waals surface area contributed by atoms with Crippen LogP contribution in [0.15, 0.2) is 21.9 Å². The van der Waals surface area contributed by atoms with Gasteiger partial charge >= 0.3 is 27.3 Å². The van der Waals surface area contributed by atoms with Crippen molar-refractivity contribution in [1.82, 2.24) is 9.55 Å². The van der Waals surface area contributed by atoms with Gasteiger partial charge in [-0.25, -0.2) is 18.7 Å². The molecule has 1 aromatic heterocycles. The average molecular weight is 603 g/mol. The maximum atomic E-state index is 12.2. The number of phosphoric acid groups is 2. The third-order valence-corrected chi connectivity index (χ3v) is 7.72. The number of aliphatic hydroxyl groups excluding tert-OH is 5. The SMILES string of the molecule is O=C(O)[C@H]1O[C@H](OP(=O)(O)OP(=O)(O)OC[C@H]2O[C@@H](n3ccc(=O)[nH]c3=O)[C@H](O)[C@@H]2O)[C@H](O)[C@@H](O)[C@H]1O.[Na]. The number of aromatic amines is 1. The summed E-state index contributed by atoms with van der Waals surface area (Å²) >= 11 is 0. The van der Waals surface area contributed by atoms with Crippen LogP contribution in [0, 0.1) is 0 Å². The van der Waals surface area contributed by atoms with Crippen molar-refractivity contribution in [3.05, 3.63) is 33.1 Å². The molecule has 38 heavy (non-hydrogen) atoms. The largest absolute Gasteiger partial charge is 0.483 e. The zero-order valence-corrected chi connectivity index (χ0v) is 22.8. The number of phosphoric ester groups is 2. The van der Waals surface area contributed by atoms with E-state index in [-0.39, 0.29) is 29.6 Å². The molecule has 23 heteroatoms. The number of aliphatic carboxylic acids is 1. The summed E-state index contributed by atoms with van der Waals surface area (Å²) in [5.74, 6) is -1.85. The van der Waals surface area contributed by atoms with Crippen LogP contribution in [0.4, 0.5) is 0 Å². The van der Waals surface area contributed by atoms with Crippen molar-refractivity contribution < 1.29 is 77.2 Å². The quantitative estimate of drug-likeness (QED) is 0.0941. The number of ether oxygens (including phenoxy) is 2. The third kappa shape index (κ3) is 7.65. The topological polar surface area (TPSA) is 314 Å². The summed E-state index contributed by atoms with van der Waals surface area (Å²) in [6.45, 7) is -1.07. The summed E-state index contributed by atoms with van der Waals surface area (Å²) in [4.78, 5) is 55.5. The van der Waals surface area contributed by atoms with Gasteiger partial charge in [0, 0.05) is 41.8 Å². The number of carboxylic acid groups (broad SMARTS) is 1. The minimum absolute atomic E-state index is 0. The van der Waals surface area contributed by atoms with Gasteiger partial charge < -0.3 is 49.9 Å². The van der Waals surface area contributed by atoms with Gasteiger partial charge in [0.05, 0.1) is 6.61 Å². The molecule has 2 fully saturated rings. The standard InChI is InChI=1S/C15H22N2O18P2.Na/c18-5-1-2-17(15(26)16-5)12-9(22)6(19)4(32-12)3-31-36(27,28)35-37(29,30)34-14-10(23)7(20)8(21)11(33-14)13(24)25;/h1-2,4,6-12,14,19-23H,3H2,(H,24,25)(H,27,28)(H,29,30)(H,16,18,26);/t4-,6-,7+,8-,9-,10-,11+,12-,14-;/m1./s1. The summed E-state index contributed by atoms with van der Waals surface area (Å²) in [7, 11) is -11.3. The van der Waals surface area contributed by atoms with E-state index in [0.717, 1.165) is 12.3 Å². The number of hydrogen-bond donors (Lipinski definition) is 9. The molecule has 1 aromatic rings. The van der Waals surface area contributed by atoms with Crippen molar-refractivity contribution in [3.8, 4) is 0 Å². The molecule has 0 aliphatic carbocycles. The summed E-state index contributed by atoms with van der Waals surface area (Å²) in [6, 6.07) is 0.910. The molecule has 11 atom stereocenters. The molecular weight excluding hydrogens is 581 g/mol. The van der Waals surface area contributed by atoms with Crippen LogP contribution in [0.1, 0.15) is 6.23 Å². The summed E-state index contributed by atoms with van der Waals surface area (Å²) < 4.78 is 47.6. The van der Waals surface area contributed by atoms with Gasteiger partial charge in [-0.1, -0.05) is 0 Å². The monoisotopic (exact) mass is 603 g/mol. The molecule has 2 saturated heterocycles. The van der Waals surface area contributed by atoms with Gasteiger partial charge in [-0.3, -0.25) is 23.4 Å². The molecule has 0 aromatic carbocycles. The van der Waals surface area contributed by atoms with E-state index in [9.17, 15) is 58.8 Å². The normalized spacial score (nSPS) is 36.6. The van der Waals surface area contributed by atoms with Gasteiger partial charge in [0.1, 0.15) is 36.6 Å². The molecule has 20 nitrogen and oxygen atoms in total. The van der Waals surface area contributed by atoms with Crippen LogP contribution >= 0.6 is 15.6 Å². The Kier molecular flexibility index (Phi) is 11.2. The molecule has 2 aliphatic rings. The van der Waals surface area contributed by atoms with E-state index in [1.165, 1.54) is 0 Å². The fourth-order valence-electron chi connectivity index (χ4n) is 3.34. The fraction of sp³-hybridized carbons (Fsp3) is 0.667. The Morgan fingerprint density at radius 2 is 1.61 bits per heavy atom. The average Bonchev–Trinajstić information content (AvgIpc) is 3.05. The van der Waals surface area contributed by atoms with Crippen molar-refractivity contribution in [3.63, 3.8) is 0 Å². The molecule has 3 heterocycles. The molecule has 2 unspecified atom stereocenters. The number of nitrogens with one attached hydrogen (secondary N) is 1. The van der Waals surface area contributed by atoms with Crippen LogP contribution in [-0.4, -0.2) is 141 Å².